The molecule has 1 amide bonds. The number of carbonyl (C=O) groups excluding carboxylic acids is 1. The number of furan rings is 1. The normalized spacial score (nSPS) is 10.9. The van der Waals surface area contributed by atoms with Crippen LogP contribution in [0.2, 0.25) is 20.1 Å². The molecule has 0 aliphatic heterocycles. The van der Waals surface area contributed by atoms with E-state index in [4.69, 9.17) is 55.6 Å². The van der Waals surface area contributed by atoms with E-state index in [-0.39, 0.29) is 34.7 Å². The maximum atomic E-state index is 14.0. The lowest BCUT2D eigenvalue weighted by Gasteiger charge is -2.09. The number of nitrogens with zero attached hydrogens (tertiary/aromatic N) is 2. The molecule has 0 unspecified atom stereocenters. The smallest absolute Gasteiger partial charge is 0.291 e. The highest BCUT2D eigenvalue weighted by molar-refractivity contribution is 6.40. The van der Waals surface area contributed by atoms with Crippen molar-refractivity contribution in [2.24, 2.45) is 0 Å². The minimum Gasteiger partial charge on any atom is -0.483 e. The van der Waals surface area contributed by atoms with Gasteiger partial charge >= 0.3 is 0 Å². The van der Waals surface area contributed by atoms with E-state index < -0.39 is 11.7 Å². The van der Waals surface area contributed by atoms with Crippen molar-refractivity contribution in [3.05, 3.63) is 97.8 Å². The number of anilines is 1. The number of amides is 1. The Bertz CT molecular complexity index is 1280. The molecule has 0 saturated heterocycles. The van der Waals surface area contributed by atoms with Gasteiger partial charge in [-0.1, -0.05) is 52.5 Å². The number of aromatic nitrogens is 2. The predicted octanol–water partition coefficient (Wildman–Crippen LogP) is 7.11. The first kappa shape index (κ1) is 23.4. The van der Waals surface area contributed by atoms with Crippen LogP contribution in [0.25, 0.3) is 0 Å². The van der Waals surface area contributed by atoms with Crippen LogP contribution < -0.4 is 10.1 Å². The molecule has 4 aromatic rings. The average molecular weight is 529 g/mol. The van der Waals surface area contributed by atoms with E-state index in [1.54, 1.807) is 18.3 Å². The van der Waals surface area contributed by atoms with E-state index in [1.807, 2.05) is 0 Å². The van der Waals surface area contributed by atoms with Gasteiger partial charge in [0.1, 0.15) is 18.2 Å². The second-order valence-corrected chi connectivity index (χ2v) is 8.49. The summed E-state index contributed by atoms with van der Waals surface area (Å²) < 4.78 is 26.6. The molecule has 0 radical (unpaired) electrons. The number of rotatable bonds is 7. The highest BCUT2D eigenvalue weighted by Crippen LogP contribution is 2.36. The van der Waals surface area contributed by atoms with Crippen LogP contribution in [0.3, 0.4) is 0 Å². The molecule has 0 spiro atoms. The fraction of sp³-hybridized carbons (Fsp3) is 0.0909. The fourth-order valence-electron chi connectivity index (χ4n) is 2.94. The number of halogens is 5. The second-order valence-electron chi connectivity index (χ2n) is 6.83. The van der Waals surface area contributed by atoms with Gasteiger partial charge in [-0.25, -0.2) is 4.39 Å². The molecule has 4 rings (SSSR count). The molecule has 11 heteroatoms. The number of benzene rings is 2. The van der Waals surface area contributed by atoms with Crippen LogP contribution in [0.4, 0.5) is 10.1 Å². The van der Waals surface area contributed by atoms with Crippen LogP contribution in [0, 0.1) is 5.82 Å². The Morgan fingerprint density at radius 3 is 2.58 bits per heavy atom. The van der Waals surface area contributed by atoms with Crippen molar-refractivity contribution in [3.63, 3.8) is 0 Å². The Balaban J connectivity index is 1.37. The SMILES string of the molecule is O=C(Nc1cnn(Cc2c(F)cccc2Cl)c1)c1ccc(COc2c(Cl)cc(Cl)cc2Cl)o1. The minimum absolute atomic E-state index is 0.00428. The molecular weight excluding hydrogens is 515 g/mol. The summed E-state index contributed by atoms with van der Waals surface area (Å²) in [6.45, 7) is 0.106. The zero-order valence-corrected chi connectivity index (χ0v) is 19.6. The van der Waals surface area contributed by atoms with Crippen LogP contribution in [0.1, 0.15) is 21.9 Å². The maximum Gasteiger partial charge on any atom is 0.291 e. The molecule has 2 heterocycles. The van der Waals surface area contributed by atoms with Crippen LogP contribution in [-0.2, 0) is 13.2 Å². The van der Waals surface area contributed by atoms with Crippen molar-refractivity contribution in [1.82, 2.24) is 9.78 Å². The molecule has 0 aliphatic carbocycles. The summed E-state index contributed by atoms with van der Waals surface area (Å²) >= 11 is 24.1. The van der Waals surface area contributed by atoms with Crippen molar-refractivity contribution in [2.45, 2.75) is 13.2 Å². The highest BCUT2D eigenvalue weighted by atomic mass is 35.5. The lowest BCUT2D eigenvalue weighted by Crippen LogP contribution is -2.10. The first-order chi connectivity index (χ1) is 15.8. The summed E-state index contributed by atoms with van der Waals surface area (Å²) in [6.07, 6.45) is 2.99. The first-order valence-corrected chi connectivity index (χ1v) is 10.9. The lowest BCUT2D eigenvalue weighted by atomic mass is 10.2. The summed E-state index contributed by atoms with van der Waals surface area (Å²) in [7, 11) is 0. The molecule has 0 saturated carbocycles. The molecule has 6 nitrogen and oxygen atoms in total. The van der Waals surface area contributed by atoms with E-state index in [9.17, 15) is 9.18 Å². The van der Waals surface area contributed by atoms with E-state index in [2.05, 4.69) is 10.4 Å². The third-order valence-electron chi connectivity index (χ3n) is 4.48. The summed E-state index contributed by atoms with van der Waals surface area (Å²) in [5, 5.41) is 7.98. The Morgan fingerprint density at radius 2 is 1.85 bits per heavy atom. The summed E-state index contributed by atoms with van der Waals surface area (Å²) in [5.74, 6) is -0.228. The quantitative estimate of drug-likeness (QED) is 0.277. The number of ether oxygens (including phenoxy) is 1. The highest BCUT2D eigenvalue weighted by Gasteiger charge is 2.15. The van der Waals surface area contributed by atoms with Crippen LogP contribution in [0.5, 0.6) is 5.75 Å². The Kier molecular flexibility index (Phi) is 7.14. The summed E-state index contributed by atoms with van der Waals surface area (Å²) in [5.41, 5.74) is 0.707. The predicted molar refractivity (Wildman–Crippen MR) is 125 cm³/mol. The molecule has 33 heavy (non-hydrogen) atoms. The Morgan fingerprint density at radius 1 is 1.09 bits per heavy atom. The van der Waals surface area contributed by atoms with Gasteiger partial charge in [0.2, 0.25) is 0 Å². The van der Waals surface area contributed by atoms with Gasteiger partial charge < -0.3 is 14.5 Å². The molecule has 0 fully saturated rings. The van der Waals surface area contributed by atoms with E-state index in [1.165, 1.54) is 41.2 Å². The van der Waals surface area contributed by atoms with Gasteiger partial charge in [0.05, 0.1) is 28.5 Å². The molecule has 0 atom stereocenters. The Labute approximate surface area is 207 Å². The van der Waals surface area contributed by atoms with Crippen LogP contribution in [-0.4, -0.2) is 15.7 Å². The standard InChI is InChI=1S/C22H14Cl4FN3O3/c23-12-6-17(25)21(18(26)7-12)32-11-14-4-5-20(33-14)22(31)29-13-8-28-30(9-13)10-15-16(24)2-1-3-19(15)27/h1-9H,10-11H2,(H,29,31). The number of nitrogens with one attached hydrogen (secondary N) is 1. The lowest BCUT2D eigenvalue weighted by molar-refractivity contribution is 0.0992. The van der Waals surface area contributed by atoms with Crippen molar-refractivity contribution < 1.29 is 18.3 Å². The van der Waals surface area contributed by atoms with Crippen LogP contribution >= 0.6 is 46.4 Å². The minimum atomic E-state index is -0.493. The molecule has 2 aromatic heterocycles. The summed E-state index contributed by atoms with van der Waals surface area (Å²) in [6, 6.07) is 10.5. The molecule has 0 aliphatic rings. The number of hydrogen-bond acceptors (Lipinski definition) is 4. The van der Waals surface area contributed by atoms with Gasteiger partial charge in [-0.05, 0) is 36.4 Å². The van der Waals surface area contributed by atoms with Gasteiger partial charge in [0.15, 0.2) is 11.5 Å². The van der Waals surface area contributed by atoms with Crippen molar-refractivity contribution >= 4 is 58.0 Å². The monoisotopic (exact) mass is 527 g/mol. The molecule has 170 valence electrons. The topological polar surface area (TPSA) is 69.3 Å². The largest absolute Gasteiger partial charge is 0.483 e. The van der Waals surface area contributed by atoms with E-state index in [0.717, 1.165) is 0 Å². The molecule has 0 bridgehead atoms. The molecule has 2 aromatic carbocycles. The Hall–Kier alpha value is -2.71. The van der Waals surface area contributed by atoms with E-state index >= 15 is 0 Å². The number of hydrogen-bond donors (Lipinski definition) is 1. The van der Waals surface area contributed by atoms with Crippen molar-refractivity contribution in [1.29, 1.82) is 0 Å². The van der Waals surface area contributed by atoms with Crippen LogP contribution in [0.15, 0.2) is 59.3 Å². The van der Waals surface area contributed by atoms with Crippen molar-refractivity contribution in [2.75, 3.05) is 5.32 Å². The fourth-order valence-corrected chi connectivity index (χ4v) is 4.09. The zero-order chi connectivity index (χ0) is 23.5. The third kappa shape index (κ3) is 5.62. The zero-order valence-electron chi connectivity index (χ0n) is 16.6. The number of carbonyl (C=O) groups is 1. The average Bonchev–Trinajstić information content (AvgIpc) is 3.40. The molecule has 1 N–H and O–H groups in total. The maximum absolute atomic E-state index is 14.0. The van der Waals surface area contributed by atoms with Gasteiger partial charge in [-0.15, -0.1) is 0 Å². The van der Waals surface area contributed by atoms with Gasteiger partial charge in [-0.3, -0.25) is 9.48 Å². The second kappa shape index (κ2) is 10.1. The first-order valence-electron chi connectivity index (χ1n) is 9.43. The third-order valence-corrected chi connectivity index (χ3v) is 5.61. The van der Waals surface area contributed by atoms with Gasteiger partial charge in [-0.2, -0.15) is 5.10 Å². The van der Waals surface area contributed by atoms with Crippen molar-refractivity contribution in [3.8, 4) is 5.75 Å². The summed E-state index contributed by atoms with van der Waals surface area (Å²) in [4.78, 5) is 12.5. The van der Waals surface area contributed by atoms with Gasteiger partial charge in [0, 0.05) is 21.8 Å². The van der Waals surface area contributed by atoms with E-state index in [0.29, 0.717) is 27.1 Å². The molecular formula is C22H14Cl4FN3O3. The van der Waals surface area contributed by atoms with Gasteiger partial charge in [0.25, 0.3) is 5.91 Å².